The van der Waals surface area contributed by atoms with Gasteiger partial charge in [-0.15, -0.1) is 0 Å². The van der Waals surface area contributed by atoms with E-state index in [4.69, 9.17) is 10.2 Å². The van der Waals surface area contributed by atoms with Crippen LogP contribution in [0.15, 0.2) is 48.5 Å². The molecule has 0 radical (unpaired) electrons. The van der Waals surface area contributed by atoms with Gasteiger partial charge in [0.05, 0.1) is 11.1 Å². The highest BCUT2D eigenvalue weighted by molar-refractivity contribution is 5.88. The lowest BCUT2D eigenvalue weighted by atomic mass is 9.87. The normalized spacial score (nSPS) is 15.4. The Hall–Kier alpha value is -2.62. The van der Waals surface area contributed by atoms with Crippen LogP contribution in [0.4, 0.5) is 0 Å². The fourth-order valence-corrected chi connectivity index (χ4v) is 2.73. The van der Waals surface area contributed by atoms with E-state index in [-0.39, 0.29) is 16.5 Å². The van der Waals surface area contributed by atoms with E-state index in [1.807, 2.05) is 24.3 Å². The Balaban J connectivity index is 1.93. The third-order valence-electron chi connectivity index (χ3n) is 4.12. The number of benzene rings is 2. The topological polar surface area (TPSA) is 74.6 Å². The van der Waals surface area contributed by atoms with Gasteiger partial charge in [0.15, 0.2) is 0 Å². The summed E-state index contributed by atoms with van der Waals surface area (Å²) in [6, 6.07) is 13.9. The maximum atomic E-state index is 10.9. The van der Waals surface area contributed by atoms with Gasteiger partial charge in [0, 0.05) is 5.41 Å². The van der Waals surface area contributed by atoms with E-state index in [1.165, 1.54) is 0 Å². The van der Waals surface area contributed by atoms with E-state index in [9.17, 15) is 9.59 Å². The predicted molar refractivity (Wildman–Crippen MR) is 76.8 cm³/mol. The summed E-state index contributed by atoms with van der Waals surface area (Å²) >= 11 is 0. The van der Waals surface area contributed by atoms with Crippen molar-refractivity contribution in [2.45, 2.75) is 18.3 Å². The molecule has 0 aromatic heterocycles. The van der Waals surface area contributed by atoms with Crippen molar-refractivity contribution in [3.05, 3.63) is 70.8 Å². The number of carboxylic acids is 2. The van der Waals surface area contributed by atoms with Crippen LogP contribution < -0.4 is 0 Å². The van der Waals surface area contributed by atoms with Crippen LogP contribution in [0.25, 0.3) is 0 Å². The molecule has 1 fully saturated rings. The minimum atomic E-state index is -0.933. The quantitative estimate of drug-likeness (QED) is 0.903. The highest BCUT2D eigenvalue weighted by Gasteiger charge is 2.45. The smallest absolute Gasteiger partial charge is 0.335 e. The van der Waals surface area contributed by atoms with Gasteiger partial charge in [-0.1, -0.05) is 24.3 Å². The second-order valence-corrected chi connectivity index (χ2v) is 5.35. The Bertz CT molecular complexity index is 635. The van der Waals surface area contributed by atoms with E-state index < -0.39 is 11.9 Å². The molecule has 4 heteroatoms. The predicted octanol–water partition coefficient (Wildman–Crippen LogP) is 3.16. The fraction of sp³-hybridized carbons (Fsp3) is 0.176. The summed E-state index contributed by atoms with van der Waals surface area (Å²) in [4.78, 5) is 21.8. The summed E-state index contributed by atoms with van der Waals surface area (Å²) in [5.74, 6) is -1.87. The van der Waals surface area contributed by atoms with Gasteiger partial charge in [0.1, 0.15) is 0 Å². The first kappa shape index (κ1) is 13.4. The van der Waals surface area contributed by atoms with Crippen LogP contribution in [0.1, 0.15) is 44.7 Å². The number of carbonyl (C=O) groups is 2. The van der Waals surface area contributed by atoms with Crippen LogP contribution in [0.3, 0.4) is 0 Å². The van der Waals surface area contributed by atoms with Gasteiger partial charge in [-0.05, 0) is 48.2 Å². The summed E-state index contributed by atoms with van der Waals surface area (Å²) in [6.45, 7) is 0. The lowest BCUT2D eigenvalue weighted by Gasteiger charge is -2.16. The third-order valence-corrected chi connectivity index (χ3v) is 4.12. The molecule has 0 amide bonds. The van der Waals surface area contributed by atoms with Gasteiger partial charge in [0.25, 0.3) is 0 Å². The van der Waals surface area contributed by atoms with Gasteiger partial charge in [-0.2, -0.15) is 0 Å². The SMILES string of the molecule is O=C(O)c1ccc(C2(c3ccc(C(=O)O)cc3)CC2)cc1. The van der Waals surface area contributed by atoms with Crippen molar-refractivity contribution in [2.24, 2.45) is 0 Å². The van der Waals surface area contributed by atoms with Crippen LogP contribution in [0.5, 0.6) is 0 Å². The lowest BCUT2D eigenvalue weighted by molar-refractivity contribution is 0.0686. The van der Waals surface area contributed by atoms with Crippen LogP contribution in [-0.2, 0) is 5.41 Å². The highest BCUT2D eigenvalue weighted by atomic mass is 16.4. The molecule has 3 rings (SSSR count). The minimum absolute atomic E-state index is 0.0892. The Kier molecular flexibility index (Phi) is 3.01. The first-order valence-electron chi connectivity index (χ1n) is 6.71. The molecule has 1 aliphatic carbocycles. The zero-order chi connectivity index (χ0) is 15.0. The van der Waals surface area contributed by atoms with Crippen LogP contribution in [0.2, 0.25) is 0 Å². The van der Waals surface area contributed by atoms with E-state index in [1.54, 1.807) is 24.3 Å². The van der Waals surface area contributed by atoms with E-state index in [0.29, 0.717) is 0 Å². The molecule has 0 atom stereocenters. The van der Waals surface area contributed by atoms with Crippen molar-refractivity contribution in [3.8, 4) is 0 Å². The molecular weight excluding hydrogens is 268 g/mol. The molecule has 1 aliphatic rings. The summed E-state index contributed by atoms with van der Waals surface area (Å²) in [7, 11) is 0. The Labute approximate surface area is 121 Å². The van der Waals surface area contributed by atoms with E-state index in [2.05, 4.69) is 0 Å². The number of rotatable bonds is 4. The number of hydrogen-bond donors (Lipinski definition) is 2. The second-order valence-electron chi connectivity index (χ2n) is 5.35. The van der Waals surface area contributed by atoms with Crippen molar-refractivity contribution in [2.75, 3.05) is 0 Å². The maximum absolute atomic E-state index is 10.9. The average Bonchev–Trinajstić information content (AvgIpc) is 3.29. The molecule has 0 heterocycles. The molecular formula is C17H14O4. The van der Waals surface area contributed by atoms with Gasteiger partial charge >= 0.3 is 11.9 Å². The van der Waals surface area contributed by atoms with E-state index in [0.717, 1.165) is 24.0 Å². The molecule has 0 saturated heterocycles. The fourth-order valence-electron chi connectivity index (χ4n) is 2.73. The van der Waals surface area contributed by atoms with Crippen molar-refractivity contribution >= 4 is 11.9 Å². The van der Waals surface area contributed by atoms with Gasteiger partial charge in [-0.25, -0.2) is 9.59 Å². The molecule has 1 saturated carbocycles. The summed E-state index contributed by atoms with van der Waals surface area (Å²) < 4.78 is 0. The van der Waals surface area contributed by atoms with Gasteiger partial charge in [0.2, 0.25) is 0 Å². The van der Waals surface area contributed by atoms with Gasteiger partial charge in [-0.3, -0.25) is 0 Å². The first-order chi connectivity index (χ1) is 10.0. The Morgan fingerprint density at radius 1 is 0.714 bits per heavy atom. The van der Waals surface area contributed by atoms with Gasteiger partial charge < -0.3 is 10.2 Å². The molecule has 21 heavy (non-hydrogen) atoms. The highest BCUT2D eigenvalue weighted by Crippen LogP contribution is 2.53. The van der Waals surface area contributed by atoms with Crippen LogP contribution in [0, 0.1) is 0 Å². The van der Waals surface area contributed by atoms with E-state index >= 15 is 0 Å². The number of aromatic carboxylic acids is 2. The molecule has 2 aromatic carbocycles. The molecule has 4 nitrogen and oxygen atoms in total. The lowest BCUT2D eigenvalue weighted by Crippen LogP contribution is -2.09. The Morgan fingerprint density at radius 2 is 1.05 bits per heavy atom. The van der Waals surface area contributed by atoms with Crippen LogP contribution in [-0.4, -0.2) is 22.2 Å². The van der Waals surface area contributed by atoms with Crippen LogP contribution >= 0.6 is 0 Å². The maximum Gasteiger partial charge on any atom is 0.335 e. The Morgan fingerprint density at radius 3 is 1.29 bits per heavy atom. The summed E-state index contributed by atoms with van der Waals surface area (Å²) in [6.07, 6.45) is 1.98. The third kappa shape index (κ3) is 2.29. The zero-order valence-electron chi connectivity index (χ0n) is 11.2. The molecule has 0 spiro atoms. The zero-order valence-corrected chi connectivity index (χ0v) is 11.2. The standard InChI is InChI=1S/C17H14O4/c18-15(19)11-1-5-13(6-2-11)17(9-10-17)14-7-3-12(4-8-14)16(20)21/h1-8H,9-10H2,(H,18,19)(H,20,21). The molecule has 0 aliphatic heterocycles. The minimum Gasteiger partial charge on any atom is -0.478 e. The number of carboxylic acid groups (broad SMARTS) is 2. The number of hydrogen-bond acceptors (Lipinski definition) is 2. The molecule has 0 bridgehead atoms. The average molecular weight is 282 g/mol. The first-order valence-corrected chi connectivity index (χ1v) is 6.71. The van der Waals surface area contributed by atoms with Crippen molar-refractivity contribution < 1.29 is 19.8 Å². The monoisotopic (exact) mass is 282 g/mol. The van der Waals surface area contributed by atoms with Crippen molar-refractivity contribution in [1.29, 1.82) is 0 Å². The van der Waals surface area contributed by atoms with Crippen molar-refractivity contribution in [1.82, 2.24) is 0 Å². The molecule has 2 N–H and O–H groups in total. The molecule has 2 aromatic rings. The van der Waals surface area contributed by atoms with Crippen molar-refractivity contribution in [3.63, 3.8) is 0 Å². The summed E-state index contributed by atoms with van der Waals surface area (Å²) in [5, 5.41) is 17.9. The summed E-state index contributed by atoms with van der Waals surface area (Å²) in [5.41, 5.74) is 2.62. The molecule has 0 unspecified atom stereocenters. The molecule has 106 valence electrons. The largest absolute Gasteiger partial charge is 0.478 e. The second kappa shape index (κ2) is 4.74.